The van der Waals surface area contributed by atoms with Crippen LogP contribution < -0.4 is 4.72 Å². The largest absolute Gasteiger partial charge is 0.478 e. The van der Waals surface area contributed by atoms with Gasteiger partial charge in [-0.3, -0.25) is 4.72 Å². The van der Waals surface area contributed by atoms with Crippen LogP contribution in [0.2, 0.25) is 10.2 Å². The molecule has 0 atom stereocenters. The van der Waals surface area contributed by atoms with Crippen LogP contribution in [0.3, 0.4) is 0 Å². The van der Waals surface area contributed by atoms with Crippen LogP contribution in [0, 0.1) is 0 Å². The minimum Gasteiger partial charge on any atom is -0.478 e. The molecule has 9 heteroatoms. The number of rotatable bonds is 4. The smallest absolute Gasteiger partial charge is 0.335 e. The first-order valence-electron chi connectivity index (χ1n) is 5.48. The summed E-state index contributed by atoms with van der Waals surface area (Å²) in [5.74, 6) is -1.26. The Hall–Kier alpha value is -1.83. The number of halogens is 2. The molecule has 0 amide bonds. The van der Waals surface area contributed by atoms with Crippen LogP contribution in [0.4, 0.5) is 5.82 Å². The first-order valence-corrected chi connectivity index (χ1v) is 7.72. The third kappa shape index (κ3) is 3.63. The Morgan fingerprint density at radius 3 is 2.52 bits per heavy atom. The van der Waals surface area contributed by atoms with E-state index in [0.29, 0.717) is 0 Å². The van der Waals surface area contributed by atoms with Gasteiger partial charge in [-0.2, -0.15) is 0 Å². The number of hydrogen-bond acceptors (Lipinski definition) is 4. The van der Waals surface area contributed by atoms with Crippen molar-refractivity contribution in [2.45, 2.75) is 4.90 Å². The number of carboxylic acids is 1. The van der Waals surface area contributed by atoms with Gasteiger partial charge in [-0.05, 0) is 30.3 Å². The van der Waals surface area contributed by atoms with Crippen molar-refractivity contribution in [2.75, 3.05) is 4.72 Å². The van der Waals surface area contributed by atoms with E-state index < -0.39 is 16.0 Å². The van der Waals surface area contributed by atoms with Crippen molar-refractivity contribution in [2.24, 2.45) is 0 Å². The maximum Gasteiger partial charge on any atom is 0.335 e. The van der Waals surface area contributed by atoms with E-state index in [9.17, 15) is 13.2 Å². The Bertz CT molecular complexity index is 809. The highest BCUT2D eigenvalue weighted by Gasteiger charge is 2.20. The van der Waals surface area contributed by atoms with Gasteiger partial charge >= 0.3 is 5.97 Å². The van der Waals surface area contributed by atoms with Crippen LogP contribution in [0.1, 0.15) is 10.4 Å². The van der Waals surface area contributed by atoms with Gasteiger partial charge in [0, 0.05) is 0 Å². The second-order valence-corrected chi connectivity index (χ2v) is 6.35. The fourth-order valence-corrected chi connectivity index (χ4v) is 3.19. The molecule has 110 valence electrons. The molecule has 0 aliphatic carbocycles. The number of benzene rings is 1. The first-order chi connectivity index (χ1) is 9.79. The van der Waals surface area contributed by atoms with Gasteiger partial charge < -0.3 is 5.11 Å². The van der Waals surface area contributed by atoms with Gasteiger partial charge in [-0.1, -0.05) is 29.3 Å². The summed E-state index contributed by atoms with van der Waals surface area (Å²) in [6.45, 7) is 0. The highest BCUT2D eigenvalue weighted by molar-refractivity contribution is 7.92. The minimum atomic E-state index is -4.08. The van der Waals surface area contributed by atoms with Gasteiger partial charge in [0.15, 0.2) is 0 Å². The number of pyridine rings is 1. The third-order valence-corrected chi connectivity index (χ3v) is 4.47. The number of carboxylic acid groups (broad SMARTS) is 1. The molecule has 0 aliphatic rings. The fourth-order valence-electron chi connectivity index (χ4n) is 1.50. The lowest BCUT2D eigenvalue weighted by atomic mass is 10.2. The molecule has 0 bridgehead atoms. The third-order valence-electron chi connectivity index (χ3n) is 2.42. The number of nitrogens with one attached hydrogen (secondary N) is 1. The molecule has 0 spiro atoms. The van der Waals surface area contributed by atoms with Crippen LogP contribution >= 0.6 is 23.2 Å². The quantitative estimate of drug-likeness (QED) is 0.829. The molecule has 2 aromatic rings. The Morgan fingerprint density at radius 2 is 1.90 bits per heavy atom. The summed E-state index contributed by atoms with van der Waals surface area (Å²) >= 11 is 11.5. The maximum absolute atomic E-state index is 12.2. The monoisotopic (exact) mass is 346 g/mol. The van der Waals surface area contributed by atoms with Crippen molar-refractivity contribution in [3.8, 4) is 0 Å². The Labute approximate surface area is 130 Å². The molecule has 0 unspecified atom stereocenters. The highest BCUT2D eigenvalue weighted by atomic mass is 35.5. The van der Waals surface area contributed by atoms with Crippen LogP contribution in [-0.2, 0) is 10.0 Å². The molecule has 1 aromatic heterocycles. The number of aromatic carboxylic acids is 1. The molecule has 0 saturated heterocycles. The molecule has 6 nitrogen and oxygen atoms in total. The molecule has 0 saturated carbocycles. The van der Waals surface area contributed by atoms with E-state index in [2.05, 4.69) is 9.71 Å². The summed E-state index contributed by atoms with van der Waals surface area (Å²) in [4.78, 5) is 14.3. The van der Waals surface area contributed by atoms with Crippen molar-refractivity contribution >= 4 is 45.0 Å². The van der Waals surface area contributed by atoms with Gasteiger partial charge in [0.2, 0.25) is 0 Å². The number of nitrogens with zero attached hydrogens (tertiary/aromatic N) is 1. The summed E-state index contributed by atoms with van der Waals surface area (Å²) < 4.78 is 26.7. The minimum absolute atomic E-state index is 0.000653. The second kappa shape index (κ2) is 5.88. The normalized spacial score (nSPS) is 11.1. The van der Waals surface area contributed by atoms with E-state index >= 15 is 0 Å². The predicted octanol–water partition coefficient (Wildman–Crippen LogP) is 2.89. The Morgan fingerprint density at radius 1 is 1.19 bits per heavy atom. The molecule has 2 N–H and O–H groups in total. The van der Waals surface area contributed by atoms with Crippen molar-refractivity contribution in [3.63, 3.8) is 0 Å². The molecule has 1 heterocycles. The summed E-state index contributed by atoms with van der Waals surface area (Å²) in [5, 5.41) is 8.91. The van der Waals surface area contributed by atoms with E-state index in [0.717, 1.165) is 6.07 Å². The summed E-state index contributed by atoms with van der Waals surface area (Å²) in [5.41, 5.74) is -0.196. The maximum atomic E-state index is 12.2. The molecule has 0 aliphatic heterocycles. The van der Waals surface area contributed by atoms with Crippen LogP contribution in [0.25, 0.3) is 0 Å². The first kappa shape index (κ1) is 15.6. The van der Waals surface area contributed by atoms with Gasteiger partial charge in [-0.15, -0.1) is 0 Å². The standard InChI is InChI=1S/C12H8Cl2N2O4S/c13-8-5-4-7(12(17)18)6-9(8)21(19,20)16-11-3-1-2-10(14)15-11/h1-6H,(H,15,16)(H,17,18). The van der Waals surface area contributed by atoms with E-state index in [1.165, 1.54) is 30.3 Å². The average Bonchev–Trinajstić information content (AvgIpc) is 2.38. The van der Waals surface area contributed by atoms with Crippen LogP contribution in [0.15, 0.2) is 41.3 Å². The summed E-state index contributed by atoms with van der Waals surface area (Å²) in [6.07, 6.45) is 0. The lowest BCUT2D eigenvalue weighted by Crippen LogP contribution is -2.15. The molecule has 2 rings (SSSR count). The highest BCUT2D eigenvalue weighted by Crippen LogP contribution is 2.25. The van der Waals surface area contributed by atoms with Crippen molar-refractivity contribution in [1.29, 1.82) is 0 Å². The zero-order chi connectivity index (χ0) is 15.6. The topological polar surface area (TPSA) is 96.4 Å². The predicted molar refractivity (Wildman–Crippen MR) is 78.5 cm³/mol. The lowest BCUT2D eigenvalue weighted by molar-refractivity contribution is 0.0696. The molecular weight excluding hydrogens is 339 g/mol. The van der Waals surface area contributed by atoms with E-state index in [-0.39, 0.29) is 26.5 Å². The zero-order valence-electron chi connectivity index (χ0n) is 10.2. The molecule has 0 fully saturated rings. The number of carbonyl (C=O) groups is 1. The Balaban J connectivity index is 2.44. The van der Waals surface area contributed by atoms with E-state index in [4.69, 9.17) is 28.3 Å². The van der Waals surface area contributed by atoms with Gasteiger partial charge in [0.05, 0.1) is 10.6 Å². The number of hydrogen-bond donors (Lipinski definition) is 2. The number of anilines is 1. The van der Waals surface area contributed by atoms with Gasteiger partial charge in [0.25, 0.3) is 10.0 Å². The molecule has 0 radical (unpaired) electrons. The Kier molecular flexibility index (Phi) is 4.36. The SMILES string of the molecule is O=C(O)c1ccc(Cl)c(S(=O)(=O)Nc2cccc(Cl)n2)c1. The number of sulfonamides is 1. The van der Waals surface area contributed by atoms with Crippen molar-refractivity contribution < 1.29 is 18.3 Å². The van der Waals surface area contributed by atoms with E-state index in [1.807, 2.05) is 0 Å². The number of aromatic nitrogens is 1. The fraction of sp³-hybridized carbons (Fsp3) is 0. The lowest BCUT2D eigenvalue weighted by Gasteiger charge is -2.09. The van der Waals surface area contributed by atoms with Crippen molar-refractivity contribution in [3.05, 3.63) is 52.1 Å². The summed E-state index contributed by atoms with van der Waals surface area (Å²) in [7, 11) is -4.08. The van der Waals surface area contributed by atoms with Crippen molar-refractivity contribution in [1.82, 2.24) is 4.98 Å². The summed E-state index contributed by atoms with van der Waals surface area (Å²) in [6, 6.07) is 7.78. The average molecular weight is 347 g/mol. The van der Waals surface area contributed by atoms with Gasteiger partial charge in [0.1, 0.15) is 15.9 Å². The van der Waals surface area contributed by atoms with E-state index in [1.54, 1.807) is 0 Å². The van der Waals surface area contributed by atoms with Gasteiger partial charge in [-0.25, -0.2) is 18.2 Å². The van der Waals surface area contributed by atoms with Crippen LogP contribution in [0.5, 0.6) is 0 Å². The zero-order valence-corrected chi connectivity index (χ0v) is 12.6. The molecular formula is C12H8Cl2N2O4S. The molecule has 1 aromatic carbocycles. The van der Waals surface area contributed by atoms with Crippen LogP contribution in [-0.4, -0.2) is 24.5 Å². The second-order valence-electron chi connectivity index (χ2n) is 3.90. The molecule has 21 heavy (non-hydrogen) atoms.